The van der Waals surface area contributed by atoms with Gasteiger partial charge >= 0.3 is 0 Å². The molecule has 3 heterocycles. The van der Waals surface area contributed by atoms with Crippen molar-refractivity contribution in [3.63, 3.8) is 0 Å². The molecule has 0 unspecified atom stereocenters. The number of benzene rings is 1. The molecule has 1 saturated heterocycles. The summed E-state index contributed by atoms with van der Waals surface area (Å²) >= 11 is 0. The summed E-state index contributed by atoms with van der Waals surface area (Å²) in [6.07, 6.45) is 6.61. The van der Waals surface area contributed by atoms with E-state index in [2.05, 4.69) is 29.4 Å². The number of aromatic nitrogens is 4. The lowest BCUT2D eigenvalue weighted by Gasteiger charge is -2.30. The van der Waals surface area contributed by atoms with Crippen LogP contribution in [0.5, 0.6) is 5.75 Å². The molecule has 3 aromatic rings. The summed E-state index contributed by atoms with van der Waals surface area (Å²) in [4.78, 5) is 23.6. The lowest BCUT2D eigenvalue weighted by molar-refractivity contribution is 0.0245. The molecule has 9 nitrogen and oxygen atoms in total. The monoisotopic (exact) mass is 526 g/mol. The van der Waals surface area contributed by atoms with Gasteiger partial charge in [0.2, 0.25) is 0 Å². The van der Waals surface area contributed by atoms with Crippen LogP contribution in [0.1, 0.15) is 31.0 Å². The van der Waals surface area contributed by atoms with Crippen molar-refractivity contribution in [3.8, 4) is 11.4 Å². The number of aliphatic hydroxyl groups excluding tert-OH is 1. The van der Waals surface area contributed by atoms with Crippen LogP contribution in [0.15, 0.2) is 53.6 Å². The Kier molecular flexibility index (Phi) is 8.63. The van der Waals surface area contributed by atoms with Crippen molar-refractivity contribution in [3.05, 3.63) is 70.4 Å². The van der Waals surface area contributed by atoms with E-state index in [0.29, 0.717) is 18.7 Å². The zero-order valence-corrected chi connectivity index (χ0v) is 23.1. The third-order valence-corrected chi connectivity index (χ3v) is 9.91. The Balaban J connectivity index is 1.39. The third kappa shape index (κ3) is 6.38. The van der Waals surface area contributed by atoms with E-state index in [1.807, 2.05) is 31.4 Å². The molecule has 1 aliphatic heterocycles. The van der Waals surface area contributed by atoms with Crippen molar-refractivity contribution < 1.29 is 19.4 Å². The van der Waals surface area contributed by atoms with Crippen LogP contribution in [0.3, 0.4) is 0 Å². The van der Waals surface area contributed by atoms with Gasteiger partial charge in [-0.2, -0.15) is 0 Å². The Bertz CT molecular complexity index is 1220. The minimum atomic E-state index is -2.45. The van der Waals surface area contributed by atoms with E-state index in [-0.39, 0.29) is 35.8 Å². The van der Waals surface area contributed by atoms with Crippen LogP contribution >= 0.6 is 0 Å². The molecule has 0 bridgehead atoms. The number of rotatable bonds is 11. The van der Waals surface area contributed by atoms with Gasteiger partial charge in [-0.05, 0) is 68.1 Å². The first-order valence-corrected chi connectivity index (χ1v) is 16.0. The molecule has 0 spiro atoms. The average molecular weight is 527 g/mol. The quantitative estimate of drug-likeness (QED) is 0.370. The van der Waals surface area contributed by atoms with Gasteiger partial charge in [0.1, 0.15) is 0 Å². The van der Waals surface area contributed by atoms with Crippen molar-refractivity contribution in [2.45, 2.75) is 70.0 Å². The summed E-state index contributed by atoms with van der Waals surface area (Å²) in [5.74, 6) is 0.569. The molecule has 2 N–H and O–H groups in total. The summed E-state index contributed by atoms with van der Waals surface area (Å²) in [7, 11) is -0.955. The van der Waals surface area contributed by atoms with Crippen molar-refractivity contribution in [1.82, 2.24) is 19.6 Å². The first kappa shape index (κ1) is 27.2. The van der Waals surface area contributed by atoms with Crippen LogP contribution in [0.25, 0.3) is 5.69 Å². The van der Waals surface area contributed by atoms with Gasteiger partial charge in [0.05, 0.1) is 25.0 Å². The molecule has 1 aliphatic rings. The SMILES string of the molecule is COc1cccn(-c2ccc(CC[C@@H]3O[C@H](CCn4cc(CCO)nn4)[C@@H]([Si](C)(C)O)[C@@H]3C)cc2)c1=O. The molecule has 200 valence electrons. The third-order valence-electron chi connectivity index (χ3n) is 7.38. The Morgan fingerprint density at radius 2 is 1.86 bits per heavy atom. The number of aliphatic hydroxyl groups is 1. The fourth-order valence-corrected chi connectivity index (χ4v) is 8.24. The molecular formula is C27H38N4O5Si. The molecule has 4 atom stereocenters. The highest BCUT2D eigenvalue weighted by Gasteiger charge is 2.49. The number of nitrogens with zero attached hydrogens (tertiary/aromatic N) is 4. The second kappa shape index (κ2) is 11.7. The number of aryl methyl sites for hydroxylation is 2. The van der Waals surface area contributed by atoms with Crippen LogP contribution < -0.4 is 10.3 Å². The smallest absolute Gasteiger partial charge is 0.297 e. The van der Waals surface area contributed by atoms with Gasteiger partial charge in [-0.15, -0.1) is 5.10 Å². The van der Waals surface area contributed by atoms with Gasteiger partial charge in [0.15, 0.2) is 14.1 Å². The predicted molar refractivity (Wildman–Crippen MR) is 144 cm³/mol. The molecular weight excluding hydrogens is 488 g/mol. The molecule has 0 radical (unpaired) electrons. The predicted octanol–water partition coefficient (Wildman–Crippen LogP) is 2.97. The fourth-order valence-electron chi connectivity index (χ4n) is 5.58. The Hall–Kier alpha value is -2.79. The molecule has 4 rings (SSSR count). The van der Waals surface area contributed by atoms with Crippen molar-refractivity contribution >= 4 is 8.32 Å². The minimum absolute atomic E-state index is 0.0283. The van der Waals surface area contributed by atoms with E-state index in [0.717, 1.165) is 30.6 Å². The molecule has 0 saturated carbocycles. The highest BCUT2D eigenvalue weighted by Crippen LogP contribution is 2.45. The largest absolute Gasteiger partial charge is 0.491 e. The maximum absolute atomic E-state index is 12.5. The summed E-state index contributed by atoms with van der Waals surface area (Å²) < 4.78 is 15.1. The number of hydrogen-bond acceptors (Lipinski definition) is 7. The maximum Gasteiger partial charge on any atom is 0.297 e. The Labute approximate surface area is 218 Å². The van der Waals surface area contributed by atoms with Crippen LogP contribution in [-0.4, -0.2) is 63.7 Å². The van der Waals surface area contributed by atoms with E-state index in [9.17, 15) is 9.59 Å². The van der Waals surface area contributed by atoms with Crippen molar-refractivity contribution in [2.24, 2.45) is 5.92 Å². The fraction of sp³-hybridized carbons (Fsp3) is 0.519. The van der Waals surface area contributed by atoms with Crippen LogP contribution in [0.2, 0.25) is 18.6 Å². The Morgan fingerprint density at radius 3 is 2.54 bits per heavy atom. The molecule has 1 aromatic carbocycles. The van der Waals surface area contributed by atoms with Crippen molar-refractivity contribution in [2.75, 3.05) is 13.7 Å². The van der Waals surface area contributed by atoms with E-state index < -0.39 is 8.32 Å². The number of ether oxygens (including phenoxy) is 2. The van der Waals surface area contributed by atoms with Crippen LogP contribution in [-0.2, 0) is 24.1 Å². The highest BCUT2D eigenvalue weighted by molar-refractivity contribution is 6.71. The first-order valence-electron chi connectivity index (χ1n) is 12.9. The lowest BCUT2D eigenvalue weighted by Crippen LogP contribution is -2.40. The van der Waals surface area contributed by atoms with Crippen molar-refractivity contribution in [1.29, 1.82) is 0 Å². The maximum atomic E-state index is 12.5. The van der Waals surface area contributed by atoms with E-state index in [4.69, 9.17) is 14.6 Å². The highest BCUT2D eigenvalue weighted by atomic mass is 28.4. The minimum Gasteiger partial charge on any atom is -0.491 e. The molecule has 0 amide bonds. The topological polar surface area (TPSA) is 112 Å². The zero-order valence-electron chi connectivity index (χ0n) is 22.1. The molecule has 10 heteroatoms. The first-order chi connectivity index (χ1) is 17.7. The summed E-state index contributed by atoms with van der Waals surface area (Å²) in [5.41, 5.74) is 2.70. The standard InChI is InChI=1S/C27H38N4O5Si/c1-19-23(12-9-20-7-10-22(11-8-20)31-15-5-6-25(35-2)27(31)33)36-24(26(19)37(3,4)34)13-16-30-18-21(14-17-32)28-29-30/h5-8,10-11,15,18-19,23-24,26,32,34H,9,12-14,16-17H2,1-4H3/t19-,23+,24-,26+/m1/s1. The van der Waals surface area contributed by atoms with Gasteiger partial charge in [-0.1, -0.05) is 24.3 Å². The van der Waals surface area contributed by atoms with Gasteiger partial charge in [0.25, 0.3) is 5.56 Å². The Morgan fingerprint density at radius 1 is 1.11 bits per heavy atom. The van der Waals surface area contributed by atoms with Crippen LogP contribution in [0, 0.1) is 5.92 Å². The molecule has 0 aliphatic carbocycles. The molecule has 37 heavy (non-hydrogen) atoms. The normalized spacial score (nSPS) is 21.9. The second-order valence-electron chi connectivity index (χ2n) is 10.4. The number of methoxy groups -OCH3 is 1. The summed E-state index contributed by atoms with van der Waals surface area (Å²) in [5, 5.41) is 17.4. The number of pyridine rings is 1. The van der Waals surface area contributed by atoms with Gasteiger partial charge < -0.3 is 19.4 Å². The molecule has 1 fully saturated rings. The summed E-state index contributed by atoms with van der Waals surface area (Å²) in [6, 6.07) is 11.5. The van der Waals surface area contributed by atoms with E-state index >= 15 is 0 Å². The van der Waals surface area contributed by atoms with Gasteiger partial charge in [-0.3, -0.25) is 14.0 Å². The zero-order chi connectivity index (χ0) is 26.6. The van der Waals surface area contributed by atoms with E-state index in [1.165, 1.54) is 12.7 Å². The summed E-state index contributed by atoms with van der Waals surface area (Å²) in [6.45, 7) is 6.92. The number of hydrogen-bond donors (Lipinski definition) is 2. The lowest BCUT2D eigenvalue weighted by atomic mass is 9.95. The molecule has 2 aromatic heterocycles. The van der Waals surface area contributed by atoms with Crippen LogP contribution in [0.4, 0.5) is 0 Å². The van der Waals surface area contributed by atoms with Gasteiger partial charge in [-0.25, -0.2) is 0 Å². The average Bonchev–Trinajstić information content (AvgIpc) is 3.45. The van der Waals surface area contributed by atoms with E-state index in [1.54, 1.807) is 27.6 Å². The van der Waals surface area contributed by atoms with Gasteiger partial charge in [0, 0.05) is 43.2 Å². The second-order valence-corrected chi connectivity index (χ2v) is 14.4.